The summed E-state index contributed by atoms with van der Waals surface area (Å²) in [4.78, 5) is 14.4. The molecular formula is C20H25F2N3O2. The lowest BCUT2D eigenvalue weighted by Crippen LogP contribution is -2.35. The summed E-state index contributed by atoms with van der Waals surface area (Å²) >= 11 is 0. The van der Waals surface area contributed by atoms with Gasteiger partial charge in [0.2, 0.25) is 5.91 Å². The van der Waals surface area contributed by atoms with Crippen LogP contribution in [0.2, 0.25) is 0 Å². The minimum Gasteiger partial charge on any atom is -0.360 e. The fraction of sp³-hybridized carbons (Fsp3) is 0.500. The average molecular weight is 377 g/mol. The quantitative estimate of drug-likeness (QED) is 0.801. The molecule has 0 radical (unpaired) electrons. The predicted molar refractivity (Wildman–Crippen MR) is 96.7 cm³/mol. The fourth-order valence-corrected chi connectivity index (χ4v) is 3.52. The summed E-state index contributed by atoms with van der Waals surface area (Å²) in [6, 6.07) is 5.61. The third-order valence-electron chi connectivity index (χ3n) is 4.91. The van der Waals surface area contributed by atoms with E-state index in [9.17, 15) is 13.6 Å². The SMILES string of the molecule is Cc1cc(CN2CCCC(CCC(=O)NCc3ccc(F)c(F)c3)C2)on1. The van der Waals surface area contributed by atoms with Crippen molar-refractivity contribution in [3.8, 4) is 0 Å². The zero-order chi connectivity index (χ0) is 19.2. The standard InChI is InChI=1S/C20H25F2N3O2/c1-14-9-17(27-24-14)13-25-8-2-3-15(12-25)5-7-20(26)23-11-16-4-6-18(21)19(22)10-16/h4,6,9-10,15H,2-3,5,7-8,11-13H2,1H3,(H,23,26). The first-order chi connectivity index (χ1) is 13.0. The van der Waals surface area contributed by atoms with E-state index < -0.39 is 11.6 Å². The Morgan fingerprint density at radius 3 is 2.93 bits per heavy atom. The van der Waals surface area contributed by atoms with E-state index in [1.807, 2.05) is 13.0 Å². The Hall–Kier alpha value is -2.28. The monoisotopic (exact) mass is 377 g/mol. The first kappa shape index (κ1) is 19.5. The minimum absolute atomic E-state index is 0.0669. The molecule has 146 valence electrons. The summed E-state index contributed by atoms with van der Waals surface area (Å²) in [6.07, 6.45) is 3.47. The van der Waals surface area contributed by atoms with Crippen molar-refractivity contribution in [3.63, 3.8) is 0 Å². The van der Waals surface area contributed by atoms with Gasteiger partial charge >= 0.3 is 0 Å². The van der Waals surface area contributed by atoms with E-state index in [1.165, 1.54) is 6.07 Å². The van der Waals surface area contributed by atoms with Crippen LogP contribution >= 0.6 is 0 Å². The van der Waals surface area contributed by atoms with E-state index in [0.717, 1.165) is 62.5 Å². The number of aryl methyl sites for hydroxylation is 1. The van der Waals surface area contributed by atoms with Gasteiger partial charge in [0.05, 0.1) is 12.2 Å². The van der Waals surface area contributed by atoms with Gasteiger partial charge in [-0.25, -0.2) is 8.78 Å². The number of aromatic nitrogens is 1. The van der Waals surface area contributed by atoms with Gasteiger partial charge in [-0.05, 0) is 56.3 Å². The van der Waals surface area contributed by atoms with Gasteiger partial charge in [-0.1, -0.05) is 11.2 Å². The second kappa shape index (κ2) is 9.08. The number of hydrogen-bond donors (Lipinski definition) is 1. The number of piperidine rings is 1. The number of rotatable bonds is 7. The zero-order valence-corrected chi connectivity index (χ0v) is 15.5. The molecule has 0 spiro atoms. The second-order valence-electron chi connectivity index (χ2n) is 7.24. The molecule has 0 aliphatic carbocycles. The Morgan fingerprint density at radius 2 is 2.19 bits per heavy atom. The predicted octanol–water partition coefficient (Wildman–Crippen LogP) is 3.57. The van der Waals surface area contributed by atoms with E-state index in [4.69, 9.17) is 4.52 Å². The van der Waals surface area contributed by atoms with Gasteiger partial charge in [0, 0.05) is 25.6 Å². The fourth-order valence-electron chi connectivity index (χ4n) is 3.52. The van der Waals surface area contributed by atoms with Gasteiger partial charge in [0.1, 0.15) is 0 Å². The van der Waals surface area contributed by atoms with Gasteiger partial charge in [-0.2, -0.15) is 0 Å². The van der Waals surface area contributed by atoms with Crippen LogP contribution in [-0.4, -0.2) is 29.1 Å². The first-order valence-corrected chi connectivity index (χ1v) is 9.35. The van der Waals surface area contributed by atoms with Crippen LogP contribution in [0.5, 0.6) is 0 Å². The summed E-state index contributed by atoms with van der Waals surface area (Å²) in [5, 5.41) is 6.69. The van der Waals surface area contributed by atoms with Crippen LogP contribution in [0.1, 0.15) is 42.7 Å². The summed E-state index contributed by atoms with van der Waals surface area (Å²) in [6.45, 7) is 4.83. The van der Waals surface area contributed by atoms with E-state index in [2.05, 4.69) is 15.4 Å². The number of carbonyl (C=O) groups is 1. The lowest BCUT2D eigenvalue weighted by Gasteiger charge is -2.31. The molecule has 2 aromatic rings. The Bertz CT molecular complexity index is 778. The van der Waals surface area contributed by atoms with E-state index in [-0.39, 0.29) is 12.5 Å². The molecule has 3 rings (SSSR count). The summed E-state index contributed by atoms with van der Waals surface area (Å²) in [5.41, 5.74) is 1.43. The molecule has 27 heavy (non-hydrogen) atoms. The van der Waals surface area contributed by atoms with E-state index >= 15 is 0 Å². The van der Waals surface area contributed by atoms with Crippen molar-refractivity contribution in [2.45, 2.75) is 45.7 Å². The Kier molecular flexibility index (Phi) is 6.55. The summed E-state index contributed by atoms with van der Waals surface area (Å²) in [5.74, 6) is -0.504. The minimum atomic E-state index is -0.897. The van der Waals surface area contributed by atoms with Crippen LogP contribution in [-0.2, 0) is 17.9 Å². The lowest BCUT2D eigenvalue weighted by molar-refractivity contribution is -0.121. The molecule has 1 unspecified atom stereocenters. The van der Waals surface area contributed by atoms with Crippen molar-refractivity contribution >= 4 is 5.91 Å². The number of hydrogen-bond acceptors (Lipinski definition) is 4. The molecule has 2 heterocycles. The van der Waals surface area contributed by atoms with Gasteiger partial charge in [0.15, 0.2) is 17.4 Å². The maximum atomic E-state index is 13.2. The molecule has 5 nitrogen and oxygen atoms in total. The highest BCUT2D eigenvalue weighted by atomic mass is 19.2. The largest absolute Gasteiger partial charge is 0.360 e. The second-order valence-corrected chi connectivity index (χ2v) is 7.24. The van der Waals surface area contributed by atoms with E-state index in [1.54, 1.807) is 0 Å². The maximum absolute atomic E-state index is 13.2. The van der Waals surface area contributed by atoms with Crippen LogP contribution in [0.25, 0.3) is 0 Å². The topological polar surface area (TPSA) is 58.4 Å². The molecule has 7 heteroatoms. The lowest BCUT2D eigenvalue weighted by atomic mass is 9.93. The third kappa shape index (κ3) is 5.85. The molecule has 1 N–H and O–H groups in total. The van der Waals surface area contributed by atoms with Crippen LogP contribution < -0.4 is 5.32 Å². The van der Waals surface area contributed by atoms with Crippen LogP contribution in [0, 0.1) is 24.5 Å². The van der Waals surface area contributed by atoms with Crippen LogP contribution in [0.4, 0.5) is 8.78 Å². The van der Waals surface area contributed by atoms with Gasteiger partial charge < -0.3 is 9.84 Å². The molecule has 1 fully saturated rings. The zero-order valence-electron chi connectivity index (χ0n) is 15.5. The first-order valence-electron chi connectivity index (χ1n) is 9.35. The van der Waals surface area contributed by atoms with Crippen molar-refractivity contribution in [1.29, 1.82) is 0 Å². The Labute approximate surface area is 157 Å². The molecule has 0 bridgehead atoms. The number of nitrogens with one attached hydrogen (secondary N) is 1. The van der Waals surface area contributed by atoms with Crippen molar-refractivity contribution < 1.29 is 18.1 Å². The Balaban J connectivity index is 1.39. The number of nitrogens with zero attached hydrogens (tertiary/aromatic N) is 2. The smallest absolute Gasteiger partial charge is 0.220 e. The Morgan fingerprint density at radius 1 is 1.33 bits per heavy atom. The molecule has 1 aromatic heterocycles. The normalized spacial score (nSPS) is 17.8. The molecule has 0 saturated carbocycles. The molecule has 1 aliphatic heterocycles. The van der Waals surface area contributed by atoms with Gasteiger partial charge in [-0.15, -0.1) is 0 Å². The van der Waals surface area contributed by atoms with Crippen LogP contribution in [0.15, 0.2) is 28.8 Å². The summed E-state index contributed by atoms with van der Waals surface area (Å²) in [7, 11) is 0. The number of benzene rings is 1. The maximum Gasteiger partial charge on any atom is 0.220 e. The molecular weight excluding hydrogens is 352 g/mol. The summed E-state index contributed by atoms with van der Waals surface area (Å²) < 4.78 is 31.4. The highest BCUT2D eigenvalue weighted by Gasteiger charge is 2.21. The van der Waals surface area contributed by atoms with Crippen molar-refractivity contribution in [2.24, 2.45) is 5.92 Å². The number of likely N-dealkylation sites (tertiary alicyclic amines) is 1. The van der Waals surface area contributed by atoms with Gasteiger partial charge in [0.25, 0.3) is 0 Å². The van der Waals surface area contributed by atoms with Crippen molar-refractivity contribution in [2.75, 3.05) is 13.1 Å². The number of carbonyl (C=O) groups excluding carboxylic acids is 1. The highest BCUT2D eigenvalue weighted by molar-refractivity contribution is 5.75. The van der Waals surface area contributed by atoms with Crippen molar-refractivity contribution in [1.82, 2.24) is 15.4 Å². The molecule has 1 amide bonds. The van der Waals surface area contributed by atoms with Gasteiger partial charge in [-0.3, -0.25) is 9.69 Å². The third-order valence-corrected chi connectivity index (χ3v) is 4.91. The molecule has 1 atom stereocenters. The number of halogens is 2. The molecule has 1 saturated heterocycles. The average Bonchev–Trinajstić information content (AvgIpc) is 3.06. The molecule has 1 aliphatic rings. The molecule has 1 aromatic carbocycles. The van der Waals surface area contributed by atoms with Crippen LogP contribution in [0.3, 0.4) is 0 Å². The highest BCUT2D eigenvalue weighted by Crippen LogP contribution is 2.22. The van der Waals surface area contributed by atoms with E-state index in [0.29, 0.717) is 17.9 Å². The van der Waals surface area contributed by atoms with Crippen molar-refractivity contribution in [3.05, 3.63) is 52.9 Å². The number of amides is 1.